The van der Waals surface area contributed by atoms with Crippen LogP contribution in [0.4, 0.5) is 5.69 Å². The summed E-state index contributed by atoms with van der Waals surface area (Å²) in [7, 11) is 0. The predicted molar refractivity (Wildman–Crippen MR) is 104 cm³/mol. The molecule has 1 atom stereocenters. The van der Waals surface area contributed by atoms with E-state index in [1.54, 1.807) is 17.8 Å². The van der Waals surface area contributed by atoms with E-state index in [-0.39, 0.29) is 18.5 Å². The number of carboxylic acid groups (broad SMARTS) is 1. The zero-order chi connectivity index (χ0) is 20.1. The summed E-state index contributed by atoms with van der Waals surface area (Å²) >= 11 is 0. The van der Waals surface area contributed by atoms with Gasteiger partial charge in [-0.1, -0.05) is 6.92 Å². The zero-order valence-electron chi connectivity index (χ0n) is 16.3. The topological polar surface area (TPSA) is 118 Å². The number of nitrogens with one attached hydrogen (secondary N) is 2. The highest BCUT2D eigenvalue weighted by molar-refractivity contribution is 6.06. The predicted octanol–water partition coefficient (Wildman–Crippen LogP) is 1.88. The van der Waals surface area contributed by atoms with Gasteiger partial charge in [-0.05, 0) is 26.2 Å². The fraction of sp³-hybridized carbons (Fsp3) is 0.579. The Labute approximate surface area is 163 Å². The van der Waals surface area contributed by atoms with Gasteiger partial charge < -0.3 is 20.5 Å². The van der Waals surface area contributed by atoms with Crippen molar-refractivity contribution < 1.29 is 19.4 Å². The molecule has 3 rings (SSSR count). The minimum Gasteiger partial charge on any atom is -0.481 e. The Morgan fingerprint density at radius 3 is 2.71 bits per heavy atom. The van der Waals surface area contributed by atoms with Crippen LogP contribution in [0.25, 0.3) is 11.0 Å². The molecular weight excluding hydrogens is 362 g/mol. The van der Waals surface area contributed by atoms with Gasteiger partial charge in [0.15, 0.2) is 5.65 Å². The summed E-state index contributed by atoms with van der Waals surface area (Å²) in [4.78, 5) is 28.5. The van der Waals surface area contributed by atoms with E-state index in [0.717, 1.165) is 18.2 Å². The molecule has 0 aromatic carbocycles. The molecule has 0 spiro atoms. The van der Waals surface area contributed by atoms with Crippen LogP contribution in [-0.2, 0) is 16.1 Å². The SMILES string of the molecule is CCC(CNC(=O)c1cnc2c(cnn2CC)c1NC1CCOCC1)C(=O)O. The third-order valence-corrected chi connectivity index (χ3v) is 5.13. The number of fused-ring (bicyclic) bond motifs is 1. The molecule has 2 aromatic heterocycles. The quantitative estimate of drug-likeness (QED) is 0.631. The molecule has 0 aliphatic carbocycles. The molecule has 2 aromatic rings. The van der Waals surface area contributed by atoms with Crippen molar-refractivity contribution in [3.63, 3.8) is 0 Å². The van der Waals surface area contributed by atoms with Gasteiger partial charge in [-0.25, -0.2) is 9.67 Å². The number of anilines is 1. The maximum atomic E-state index is 12.8. The first-order valence-corrected chi connectivity index (χ1v) is 9.74. The van der Waals surface area contributed by atoms with E-state index in [1.807, 2.05) is 6.92 Å². The van der Waals surface area contributed by atoms with E-state index in [1.165, 1.54) is 6.20 Å². The number of aryl methyl sites for hydroxylation is 1. The van der Waals surface area contributed by atoms with Gasteiger partial charge in [-0.15, -0.1) is 0 Å². The number of amides is 1. The number of carbonyl (C=O) groups excluding carboxylic acids is 1. The number of hydrogen-bond acceptors (Lipinski definition) is 6. The van der Waals surface area contributed by atoms with E-state index in [9.17, 15) is 14.7 Å². The van der Waals surface area contributed by atoms with Crippen LogP contribution in [0.2, 0.25) is 0 Å². The van der Waals surface area contributed by atoms with Crippen LogP contribution in [-0.4, -0.2) is 57.5 Å². The monoisotopic (exact) mass is 389 g/mol. The van der Waals surface area contributed by atoms with Crippen molar-refractivity contribution in [3.8, 4) is 0 Å². The van der Waals surface area contributed by atoms with Gasteiger partial charge in [0.25, 0.3) is 5.91 Å². The average molecular weight is 389 g/mol. The van der Waals surface area contributed by atoms with Gasteiger partial charge in [-0.3, -0.25) is 9.59 Å². The number of aliphatic carboxylic acids is 1. The fourth-order valence-corrected chi connectivity index (χ4v) is 3.35. The van der Waals surface area contributed by atoms with Crippen molar-refractivity contribution >= 4 is 28.6 Å². The lowest BCUT2D eigenvalue weighted by Crippen LogP contribution is -2.34. The molecule has 0 radical (unpaired) electrons. The molecule has 9 nitrogen and oxygen atoms in total. The summed E-state index contributed by atoms with van der Waals surface area (Å²) < 4.78 is 7.20. The van der Waals surface area contributed by atoms with E-state index in [0.29, 0.717) is 43.1 Å². The molecule has 1 fully saturated rings. The van der Waals surface area contributed by atoms with Crippen LogP contribution >= 0.6 is 0 Å². The molecule has 152 valence electrons. The lowest BCUT2D eigenvalue weighted by Gasteiger charge is -2.25. The summed E-state index contributed by atoms with van der Waals surface area (Å²) in [6.45, 7) is 5.88. The smallest absolute Gasteiger partial charge is 0.308 e. The number of hydrogen-bond donors (Lipinski definition) is 3. The van der Waals surface area contributed by atoms with E-state index >= 15 is 0 Å². The number of carboxylic acids is 1. The first-order chi connectivity index (χ1) is 13.5. The Morgan fingerprint density at radius 2 is 2.07 bits per heavy atom. The number of carbonyl (C=O) groups is 2. The van der Waals surface area contributed by atoms with Crippen LogP contribution in [0.15, 0.2) is 12.4 Å². The summed E-state index contributed by atoms with van der Waals surface area (Å²) in [5.74, 6) is -1.87. The fourth-order valence-electron chi connectivity index (χ4n) is 3.35. The van der Waals surface area contributed by atoms with Crippen molar-refractivity contribution in [2.45, 2.75) is 45.7 Å². The Balaban J connectivity index is 1.90. The van der Waals surface area contributed by atoms with E-state index in [2.05, 4.69) is 20.7 Å². The number of nitrogens with zero attached hydrogens (tertiary/aromatic N) is 3. The van der Waals surface area contributed by atoms with Gasteiger partial charge in [-0.2, -0.15) is 5.10 Å². The first-order valence-electron chi connectivity index (χ1n) is 9.74. The minimum atomic E-state index is -0.916. The lowest BCUT2D eigenvalue weighted by atomic mass is 10.1. The second-order valence-electron chi connectivity index (χ2n) is 6.93. The van der Waals surface area contributed by atoms with Gasteiger partial charge in [0.2, 0.25) is 0 Å². The van der Waals surface area contributed by atoms with Gasteiger partial charge >= 0.3 is 5.97 Å². The molecule has 28 heavy (non-hydrogen) atoms. The first kappa shape index (κ1) is 20.1. The third kappa shape index (κ3) is 4.24. The molecule has 9 heteroatoms. The Hall–Kier alpha value is -2.68. The maximum absolute atomic E-state index is 12.8. The van der Waals surface area contributed by atoms with Crippen molar-refractivity contribution in [3.05, 3.63) is 18.0 Å². The largest absolute Gasteiger partial charge is 0.481 e. The summed E-state index contributed by atoms with van der Waals surface area (Å²) in [5, 5.41) is 20.6. The number of aromatic nitrogens is 3. The molecule has 1 unspecified atom stereocenters. The second-order valence-corrected chi connectivity index (χ2v) is 6.93. The maximum Gasteiger partial charge on any atom is 0.308 e. The highest BCUT2D eigenvalue weighted by atomic mass is 16.5. The Kier molecular flexibility index (Phi) is 6.45. The zero-order valence-corrected chi connectivity index (χ0v) is 16.3. The molecule has 0 saturated carbocycles. The molecule has 1 aliphatic rings. The van der Waals surface area contributed by atoms with E-state index in [4.69, 9.17) is 4.74 Å². The molecule has 0 bridgehead atoms. The minimum absolute atomic E-state index is 0.0770. The second kappa shape index (κ2) is 9.01. The van der Waals surface area contributed by atoms with Crippen molar-refractivity contribution in [1.29, 1.82) is 0 Å². The lowest BCUT2D eigenvalue weighted by molar-refractivity contribution is -0.141. The Bertz CT molecular complexity index is 844. The van der Waals surface area contributed by atoms with Crippen LogP contribution in [0.5, 0.6) is 0 Å². The van der Waals surface area contributed by atoms with Crippen LogP contribution < -0.4 is 10.6 Å². The molecule has 1 amide bonds. The standard InChI is InChI=1S/C19H27N5O4/c1-3-12(19(26)27)9-21-18(25)15-10-20-17-14(11-22-24(17)4-2)16(15)23-13-5-7-28-8-6-13/h10-13H,3-9H2,1-2H3,(H,20,23)(H,21,25)(H,26,27). The molecule has 3 heterocycles. The highest BCUT2D eigenvalue weighted by Gasteiger charge is 2.23. The number of pyridine rings is 1. The number of rotatable bonds is 8. The summed E-state index contributed by atoms with van der Waals surface area (Å²) in [6, 6.07) is 0.193. The summed E-state index contributed by atoms with van der Waals surface area (Å²) in [6.07, 6.45) is 5.40. The van der Waals surface area contributed by atoms with Gasteiger partial charge in [0.05, 0.1) is 28.8 Å². The molecule has 1 aliphatic heterocycles. The highest BCUT2D eigenvalue weighted by Crippen LogP contribution is 2.28. The average Bonchev–Trinajstić information content (AvgIpc) is 3.12. The Morgan fingerprint density at radius 1 is 1.32 bits per heavy atom. The van der Waals surface area contributed by atoms with Crippen molar-refractivity contribution in [2.24, 2.45) is 5.92 Å². The summed E-state index contributed by atoms with van der Waals surface area (Å²) in [5.41, 5.74) is 1.80. The number of ether oxygens (including phenoxy) is 1. The molecule has 1 saturated heterocycles. The van der Waals surface area contributed by atoms with E-state index < -0.39 is 11.9 Å². The van der Waals surface area contributed by atoms with Crippen molar-refractivity contribution in [1.82, 2.24) is 20.1 Å². The van der Waals surface area contributed by atoms with Crippen LogP contribution in [0.3, 0.4) is 0 Å². The molecular formula is C19H27N5O4. The normalized spacial score (nSPS) is 16.1. The van der Waals surface area contributed by atoms with Gasteiger partial charge in [0.1, 0.15) is 0 Å². The van der Waals surface area contributed by atoms with Crippen molar-refractivity contribution in [2.75, 3.05) is 25.1 Å². The van der Waals surface area contributed by atoms with Crippen LogP contribution in [0, 0.1) is 5.92 Å². The molecule has 3 N–H and O–H groups in total. The third-order valence-electron chi connectivity index (χ3n) is 5.13. The van der Waals surface area contributed by atoms with Gasteiger partial charge in [0, 0.05) is 38.5 Å². The van der Waals surface area contributed by atoms with Crippen LogP contribution in [0.1, 0.15) is 43.5 Å².